The van der Waals surface area contributed by atoms with Gasteiger partial charge >= 0.3 is 0 Å². The summed E-state index contributed by atoms with van der Waals surface area (Å²) < 4.78 is 2.73. The van der Waals surface area contributed by atoms with Crippen molar-refractivity contribution in [2.75, 3.05) is 4.90 Å². The standard InChI is InChI=1S/C43H31NS/c1-43(2)38-27-34(22-23-35(38)36-24-25-40-41(42(36)43)37-14-8-9-15-39(37)45-40)44(32-12-4-3-5-13-32)33-20-18-29(19-21-33)31-17-16-28-10-6-7-11-30(28)26-31/h3-27H,1-2H3. The highest BCUT2D eigenvalue weighted by Crippen LogP contribution is 2.55. The number of rotatable bonds is 4. The van der Waals surface area contributed by atoms with E-state index in [2.05, 4.69) is 170 Å². The molecule has 1 heterocycles. The van der Waals surface area contributed by atoms with Crippen molar-refractivity contribution in [2.45, 2.75) is 19.3 Å². The minimum Gasteiger partial charge on any atom is -0.310 e. The highest BCUT2D eigenvalue weighted by atomic mass is 32.1. The van der Waals surface area contributed by atoms with E-state index in [0.717, 1.165) is 11.4 Å². The van der Waals surface area contributed by atoms with Crippen molar-refractivity contribution in [1.82, 2.24) is 0 Å². The second-order valence-electron chi connectivity index (χ2n) is 12.6. The van der Waals surface area contributed by atoms with E-state index in [9.17, 15) is 0 Å². The van der Waals surface area contributed by atoms with Crippen molar-refractivity contribution in [3.8, 4) is 22.3 Å². The summed E-state index contributed by atoms with van der Waals surface area (Å²) in [7, 11) is 0. The van der Waals surface area contributed by atoms with Gasteiger partial charge in [-0.3, -0.25) is 0 Å². The van der Waals surface area contributed by atoms with E-state index >= 15 is 0 Å². The Hall–Kier alpha value is -5.18. The Labute approximate surface area is 267 Å². The van der Waals surface area contributed by atoms with Gasteiger partial charge in [-0.25, -0.2) is 0 Å². The molecule has 1 aliphatic carbocycles. The summed E-state index contributed by atoms with van der Waals surface area (Å²) in [6.45, 7) is 4.80. The van der Waals surface area contributed by atoms with E-state index in [0.29, 0.717) is 0 Å². The number of anilines is 3. The minimum absolute atomic E-state index is 0.133. The molecule has 9 rings (SSSR count). The lowest BCUT2D eigenvalue weighted by Crippen LogP contribution is -2.17. The van der Waals surface area contributed by atoms with Crippen LogP contribution in [0, 0.1) is 0 Å². The van der Waals surface area contributed by atoms with Crippen LogP contribution in [0.15, 0.2) is 152 Å². The Bertz CT molecular complexity index is 2400. The third kappa shape index (κ3) is 4.06. The Morgan fingerprint density at radius 2 is 1.16 bits per heavy atom. The van der Waals surface area contributed by atoms with Gasteiger partial charge in [0.2, 0.25) is 0 Å². The number of hydrogen-bond acceptors (Lipinski definition) is 2. The maximum absolute atomic E-state index is 2.43. The van der Waals surface area contributed by atoms with Crippen LogP contribution in [0.3, 0.4) is 0 Å². The topological polar surface area (TPSA) is 3.24 Å². The van der Waals surface area contributed by atoms with Gasteiger partial charge in [0.25, 0.3) is 0 Å². The molecule has 45 heavy (non-hydrogen) atoms. The van der Waals surface area contributed by atoms with E-state index < -0.39 is 0 Å². The number of hydrogen-bond donors (Lipinski definition) is 0. The first-order valence-corrected chi connectivity index (χ1v) is 16.4. The lowest BCUT2D eigenvalue weighted by molar-refractivity contribution is 0.667. The maximum atomic E-state index is 2.43. The lowest BCUT2D eigenvalue weighted by atomic mass is 9.80. The van der Waals surface area contributed by atoms with E-state index in [4.69, 9.17) is 0 Å². The van der Waals surface area contributed by atoms with Crippen LogP contribution in [0.5, 0.6) is 0 Å². The molecule has 8 aromatic rings. The molecule has 0 N–H and O–H groups in total. The van der Waals surface area contributed by atoms with Crippen LogP contribution in [0.2, 0.25) is 0 Å². The summed E-state index contributed by atoms with van der Waals surface area (Å²) in [4.78, 5) is 2.39. The van der Waals surface area contributed by atoms with Crippen LogP contribution in [-0.2, 0) is 5.41 Å². The molecule has 0 amide bonds. The fourth-order valence-electron chi connectivity index (χ4n) is 7.44. The molecule has 0 aliphatic heterocycles. The summed E-state index contributed by atoms with van der Waals surface area (Å²) in [6, 6.07) is 55.6. The number of para-hydroxylation sites is 1. The van der Waals surface area contributed by atoms with Gasteiger partial charge in [0.05, 0.1) is 0 Å². The zero-order chi connectivity index (χ0) is 30.1. The second-order valence-corrected chi connectivity index (χ2v) is 13.7. The summed E-state index contributed by atoms with van der Waals surface area (Å²) in [6.07, 6.45) is 0. The molecule has 0 saturated heterocycles. The van der Waals surface area contributed by atoms with E-state index in [1.54, 1.807) is 0 Å². The lowest BCUT2D eigenvalue weighted by Gasteiger charge is -2.28. The van der Waals surface area contributed by atoms with Crippen LogP contribution in [0.1, 0.15) is 25.0 Å². The molecule has 1 aliphatic rings. The van der Waals surface area contributed by atoms with Gasteiger partial charge in [-0.15, -0.1) is 11.3 Å². The zero-order valence-electron chi connectivity index (χ0n) is 25.3. The minimum atomic E-state index is -0.133. The summed E-state index contributed by atoms with van der Waals surface area (Å²) in [5.41, 5.74) is 11.3. The molecule has 7 aromatic carbocycles. The first-order valence-electron chi connectivity index (χ1n) is 15.6. The first kappa shape index (κ1) is 26.2. The molecule has 0 spiro atoms. The number of nitrogens with zero attached hydrogens (tertiary/aromatic N) is 1. The largest absolute Gasteiger partial charge is 0.310 e. The van der Waals surface area contributed by atoms with Crippen molar-refractivity contribution < 1.29 is 0 Å². The molecule has 0 atom stereocenters. The average molecular weight is 594 g/mol. The Morgan fingerprint density at radius 1 is 0.489 bits per heavy atom. The van der Waals surface area contributed by atoms with Crippen molar-refractivity contribution in [2.24, 2.45) is 0 Å². The van der Waals surface area contributed by atoms with Gasteiger partial charge in [-0.05, 0) is 98.8 Å². The SMILES string of the molecule is CC1(C)c2cc(N(c3ccccc3)c3ccc(-c4ccc5ccccc5c4)cc3)ccc2-c2ccc3sc4ccccc4c3c21. The van der Waals surface area contributed by atoms with Gasteiger partial charge in [-0.1, -0.05) is 111 Å². The normalized spacial score (nSPS) is 13.3. The summed E-state index contributed by atoms with van der Waals surface area (Å²) in [5, 5.41) is 5.31. The predicted molar refractivity (Wildman–Crippen MR) is 195 cm³/mol. The molecular weight excluding hydrogens is 563 g/mol. The van der Waals surface area contributed by atoms with Gasteiger partial charge in [0.15, 0.2) is 0 Å². The molecule has 1 nitrogen and oxygen atoms in total. The zero-order valence-corrected chi connectivity index (χ0v) is 26.1. The molecule has 1 aromatic heterocycles. The van der Waals surface area contributed by atoms with Crippen LogP contribution >= 0.6 is 11.3 Å². The first-order chi connectivity index (χ1) is 22.1. The van der Waals surface area contributed by atoms with Crippen LogP contribution in [0.25, 0.3) is 53.2 Å². The summed E-state index contributed by atoms with van der Waals surface area (Å²) >= 11 is 1.90. The smallest absolute Gasteiger partial charge is 0.0465 e. The predicted octanol–water partition coefficient (Wildman–Crippen LogP) is 12.7. The molecule has 214 valence electrons. The van der Waals surface area contributed by atoms with E-state index in [1.165, 1.54) is 70.0 Å². The highest BCUT2D eigenvalue weighted by molar-refractivity contribution is 7.25. The molecule has 0 bridgehead atoms. The fraction of sp³-hybridized carbons (Fsp3) is 0.0698. The summed E-state index contributed by atoms with van der Waals surface area (Å²) in [5.74, 6) is 0. The quantitative estimate of drug-likeness (QED) is 0.196. The number of thiophene rings is 1. The fourth-order valence-corrected chi connectivity index (χ4v) is 8.56. The molecular formula is C43H31NS. The maximum Gasteiger partial charge on any atom is 0.0465 e. The Balaban J connectivity index is 1.16. The van der Waals surface area contributed by atoms with Crippen LogP contribution in [0.4, 0.5) is 17.1 Å². The second kappa shape index (κ2) is 9.92. The molecule has 0 fully saturated rings. The highest BCUT2D eigenvalue weighted by Gasteiger charge is 2.38. The van der Waals surface area contributed by atoms with Crippen LogP contribution < -0.4 is 4.90 Å². The monoisotopic (exact) mass is 593 g/mol. The van der Waals surface area contributed by atoms with Gasteiger partial charge < -0.3 is 4.90 Å². The van der Waals surface area contributed by atoms with Crippen molar-refractivity contribution in [3.63, 3.8) is 0 Å². The van der Waals surface area contributed by atoms with Gasteiger partial charge in [-0.2, -0.15) is 0 Å². The third-order valence-corrected chi connectivity index (χ3v) is 10.8. The van der Waals surface area contributed by atoms with Gasteiger partial charge in [0, 0.05) is 42.6 Å². The molecule has 0 saturated carbocycles. The number of fused-ring (bicyclic) bond motifs is 8. The van der Waals surface area contributed by atoms with Crippen molar-refractivity contribution in [1.29, 1.82) is 0 Å². The van der Waals surface area contributed by atoms with Crippen molar-refractivity contribution in [3.05, 3.63) is 163 Å². The third-order valence-electron chi connectivity index (χ3n) is 9.62. The van der Waals surface area contributed by atoms with Crippen molar-refractivity contribution >= 4 is 59.3 Å². The molecule has 0 unspecified atom stereocenters. The van der Waals surface area contributed by atoms with Crippen LogP contribution in [-0.4, -0.2) is 0 Å². The number of benzene rings is 7. The van der Waals surface area contributed by atoms with E-state index in [1.807, 2.05) is 11.3 Å². The average Bonchev–Trinajstić information content (AvgIpc) is 3.57. The van der Waals surface area contributed by atoms with Gasteiger partial charge in [0.1, 0.15) is 0 Å². The Morgan fingerprint density at radius 3 is 2.00 bits per heavy atom. The van der Waals surface area contributed by atoms with E-state index in [-0.39, 0.29) is 5.41 Å². The molecule has 2 heteroatoms. The molecule has 0 radical (unpaired) electrons. The Kier molecular flexibility index (Phi) is 5.78.